The van der Waals surface area contributed by atoms with Crippen LogP contribution in [0.2, 0.25) is 10.0 Å². The van der Waals surface area contributed by atoms with Crippen LogP contribution >= 0.6 is 23.2 Å². The van der Waals surface area contributed by atoms with Crippen molar-refractivity contribution < 1.29 is 28.5 Å². The maximum atomic E-state index is 12.9. The molecule has 2 N–H and O–H groups in total. The van der Waals surface area contributed by atoms with Crippen molar-refractivity contribution in [2.45, 2.75) is 38.7 Å². The minimum atomic E-state index is -0.734. The van der Waals surface area contributed by atoms with Crippen molar-refractivity contribution in [2.24, 2.45) is 5.73 Å². The Bertz CT molecular complexity index is 1240. The van der Waals surface area contributed by atoms with Crippen LogP contribution in [-0.4, -0.2) is 25.5 Å². The first-order chi connectivity index (χ1) is 16.8. The molecule has 2 aromatic rings. The number of ketones is 1. The first-order valence-corrected chi connectivity index (χ1v) is 11.9. The first kappa shape index (κ1) is 24.9. The van der Waals surface area contributed by atoms with Crippen LogP contribution in [0.4, 0.5) is 0 Å². The number of esters is 1. The number of carbonyl (C=O) groups excluding carboxylic acids is 2. The predicted octanol–water partition coefficient (Wildman–Crippen LogP) is 5.44. The van der Waals surface area contributed by atoms with Crippen molar-refractivity contribution in [1.82, 2.24) is 0 Å². The highest BCUT2D eigenvalue weighted by atomic mass is 35.5. The highest BCUT2D eigenvalue weighted by Crippen LogP contribution is 2.45. The fourth-order valence-electron chi connectivity index (χ4n) is 4.28. The minimum Gasteiger partial charge on any atom is -0.490 e. The van der Waals surface area contributed by atoms with E-state index in [1.807, 2.05) is 13.0 Å². The summed E-state index contributed by atoms with van der Waals surface area (Å²) >= 11 is 12.1. The van der Waals surface area contributed by atoms with Crippen molar-refractivity contribution in [3.8, 4) is 11.5 Å². The molecule has 0 saturated heterocycles. The molecule has 4 rings (SSSR count). The Hall–Kier alpha value is -3.16. The van der Waals surface area contributed by atoms with E-state index in [9.17, 15) is 9.59 Å². The van der Waals surface area contributed by atoms with Crippen LogP contribution in [0.25, 0.3) is 0 Å². The van der Waals surface area contributed by atoms with E-state index in [0.29, 0.717) is 64.3 Å². The molecule has 1 aliphatic carbocycles. The monoisotopic (exact) mass is 517 g/mol. The molecule has 0 spiro atoms. The van der Waals surface area contributed by atoms with Gasteiger partial charge in [-0.2, -0.15) is 0 Å². The fraction of sp³-hybridized carbons (Fsp3) is 0.308. The van der Waals surface area contributed by atoms with Crippen LogP contribution in [-0.2, 0) is 25.7 Å². The molecule has 1 heterocycles. The molecule has 9 heteroatoms. The van der Waals surface area contributed by atoms with Crippen LogP contribution in [0.15, 0.2) is 59.2 Å². The van der Waals surface area contributed by atoms with Gasteiger partial charge in [0, 0.05) is 18.4 Å². The second-order valence-corrected chi connectivity index (χ2v) is 8.91. The number of Topliss-reactive ketones (excluding diaryl/α,β-unsaturated/α-hetero) is 1. The van der Waals surface area contributed by atoms with Gasteiger partial charge in [-0.05, 0) is 48.7 Å². The molecular formula is C26H25Cl2NO6. The predicted molar refractivity (Wildman–Crippen MR) is 131 cm³/mol. The highest BCUT2D eigenvalue weighted by Gasteiger charge is 2.41. The van der Waals surface area contributed by atoms with Gasteiger partial charge in [0.25, 0.3) is 0 Å². The summed E-state index contributed by atoms with van der Waals surface area (Å²) in [7, 11) is 1.26. The van der Waals surface area contributed by atoms with Crippen LogP contribution in [0, 0.1) is 0 Å². The third-order valence-corrected chi connectivity index (χ3v) is 6.61. The lowest BCUT2D eigenvalue weighted by Crippen LogP contribution is -2.31. The van der Waals surface area contributed by atoms with E-state index in [1.165, 1.54) is 7.11 Å². The molecule has 0 amide bonds. The zero-order valence-electron chi connectivity index (χ0n) is 19.4. The van der Waals surface area contributed by atoms with Gasteiger partial charge >= 0.3 is 5.97 Å². The third-order valence-electron chi connectivity index (χ3n) is 5.87. The van der Waals surface area contributed by atoms with E-state index >= 15 is 0 Å². The fourth-order valence-corrected chi connectivity index (χ4v) is 4.60. The van der Waals surface area contributed by atoms with Crippen LogP contribution in [0.1, 0.15) is 43.2 Å². The van der Waals surface area contributed by atoms with Crippen molar-refractivity contribution in [1.29, 1.82) is 0 Å². The summed E-state index contributed by atoms with van der Waals surface area (Å²) in [5.41, 5.74) is 8.13. The van der Waals surface area contributed by atoms with Gasteiger partial charge in [-0.25, -0.2) is 4.79 Å². The molecule has 7 nitrogen and oxygen atoms in total. The van der Waals surface area contributed by atoms with Crippen LogP contribution in [0.3, 0.4) is 0 Å². The number of hydrogen-bond donors (Lipinski definition) is 1. The number of allylic oxidation sites excluding steroid dienone is 2. The van der Waals surface area contributed by atoms with E-state index in [4.69, 9.17) is 47.9 Å². The molecule has 0 aromatic heterocycles. The first-order valence-electron chi connectivity index (χ1n) is 11.2. The second kappa shape index (κ2) is 10.6. The number of carbonyl (C=O) groups is 2. The lowest BCUT2D eigenvalue weighted by molar-refractivity contribution is -0.136. The normalized spacial score (nSPS) is 17.6. The maximum Gasteiger partial charge on any atom is 0.340 e. The topological polar surface area (TPSA) is 97.1 Å². The van der Waals surface area contributed by atoms with E-state index in [-0.39, 0.29) is 23.8 Å². The Morgan fingerprint density at radius 3 is 2.60 bits per heavy atom. The molecule has 2 aromatic carbocycles. The lowest BCUT2D eigenvalue weighted by atomic mass is 9.77. The lowest BCUT2D eigenvalue weighted by Gasteiger charge is -2.32. The van der Waals surface area contributed by atoms with Crippen LogP contribution in [0.5, 0.6) is 11.5 Å². The Kier molecular flexibility index (Phi) is 7.57. The molecule has 2 aliphatic rings. The summed E-state index contributed by atoms with van der Waals surface area (Å²) in [5, 5.41) is 0.902. The molecule has 1 aliphatic heterocycles. The molecular weight excluding hydrogens is 493 g/mol. The SMILES string of the molecule is CCOc1cc([C@@H]2C(C(=O)OC)=C(N)OC3=C2C(=O)CCC3)ccc1OCc1ccc(Cl)c(Cl)c1. The zero-order chi connectivity index (χ0) is 25.1. The van der Waals surface area contributed by atoms with Crippen molar-refractivity contribution in [2.75, 3.05) is 13.7 Å². The van der Waals surface area contributed by atoms with Crippen molar-refractivity contribution in [3.63, 3.8) is 0 Å². The molecule has 0 radical (unpaired) electrons. The summed E-state index contributed by atoms with van der Waals surface area (Å²) < 4.78 is 22.5. The Balaban J connectivity index is 1.72. The van der Waals surface area contributed by atoms with Crippen molar-refractivity contribution >= 4 is 35.0 Å². The molecule has 184 valence electrons. The summed E-state index contributed by atoms with van der Waals surface area (Å²) in [6, 6.07) is 10.5. The summed E-state index contributed by atoms with van der Waals surface area (Å²) in [4.78, 5) is 25.6. The number of methoxy groups -OCH3 is 1. The van der Waals surface area contributed by atoms with Gasteiger partial charge in [0.05, 0.1) is 29.7 Å². The van der Waals surface area contributed by atoms with Gasteiger partial charge in [-0.15, -0.1) is 0 Å². The number of ether oxygens (including phenoxy) is 4. The Labute approximate surface area is 213 Å². The standard InChI is InChI=1S/C26H25Cl2NO6/c1-3-33-21-12-15(8-10-19(21)34-13-14-7-9-16(27)17(28)11-14)22-23-18(30)5-4-6-20(23)35-25(29)24(22)26(31)32-2/h7-12,22H,3-6,13,29H2,1-2H3/t22-/m0/s1. The summed E-state index contributed by atoms with van der Waals surface area (Å²) in [6.07, 6.45) is 1.60. The average Bonchev–Trinajstić information content (AvgIpc) is 2.84. The number of halogens is 2. The van der Waals surface area contributed by atoms with Gasteiger partial charge in [0.2, 0.25) is 5.88 Å². The van der Waals surface area contributed by atoms with E-state index < -0.39 is 11.9 Å². The molecule has 0 unspecified atom stereocenters. The smallest absolute Gasteiger partial charge is 0.340 e. The van der Waals surface area contributed by atoms with E-state index in [1.54, 1.807) is 30.3 Å². The van der Waals surface area contributed by atoms with E-state index in [2.05, 4.69) is 0 Å². The quantitative estimate of drug-likeness (QED) is 0.488. The van der Waals surface area contributed by atoms with Gasteiger partial charge < -0.3 is 24.7 Å². The van der Waals surface area contributed by atoms with E-state index in [0.717, 1.165) is 5.56 Å². The van der Waals surface area contributed by atoms with Gasteiger partial charge in [0.15, 0.2) is 17.3 Å². The Morgan fingerprint density at radius 1 is 1.09 bits per heavy atom. The summed E-state index contributed by atoms with van der Waals surface area (Å²) in [6.45, 7) is 2.48. The number of rotatable bonds is 7. The van der Waals surface area contributed by atoms with Gasteiger partial charge in [-0.3, -0.25) is 4.79 Å². The number of benzene rings is 2. The largest absolute Gasteiger partial charge is 0.490 e. The van der Waals surface area contributed by atoms with Crippen molar-refractivity contribution in [3.05, 3.63) is 80.4 Å². The molecule has 0 bridgehead atoms. The van der Waals surface area contributed by atoms with Gasteiger partial charge in [-0.1, -0.05) is 35.3 Å². The molecule has 1 atom stereocenters. The number of nitrogens with two attached hydrogens (primary N) is 1. The summed E-state index contributed by atoms with van der Waals surface area (Å²) in [5.74, 6) is -0.0811. The molecule has 0 saturated carbocycles. The van der Waals surface area contributed by atoms with Gasteiger partial charge in [0.1, 0.15) is 17.9 Å². The average molecular weight is 518 g/mol. The molecule has 35 heavy (non-hydrogen) atoms. The zero-order valence-corrected chi connectivity index (χ0v) is 20.9. The van der Waals surface area contributed by atoms with Crippen LogP contribution < -0.4 is 15.2 Å². The molecule has 0 fully saturated rings. The minimum absolute atomic E-state index is 0.0618. The Morgan fingerprint density at radius 2 is 1.89 bits per heavy atom. The maximum absolute atomic E-state index is 12.9. The highest BCUT2D eigenvalue weighted by molar-refractivity contribution is 6.42. The third kappa shape index (κ3) is 5.11. The number of hydrogen-bond acceptors (Lipinski definition) is 7. The second-order valence-electron chi connectivity index (χ2n) is 8.09.